The molecule has 2 heteroatoms. The lowest BCUT2D eigenvalue weighted by Gasteiger charge is -2.19. The van der Waals surface area contributed by atoms with E-state index in [4.69, 9.17) is 11.6 Å². The van der Waals surface area contributed by atoms with Gasteiger partial charge < -0.3 is 5.32 Å². The van der Waals surface area contributed by atoms with Crippen LogP contribution in [0.25, 0.3) is 0 Å². The minimum atomic E-state index is 0.710. The lowest BCUT2D eigenvalue weighted by atomic mass is 9.91. The third kappa shape index (κ3) is 4.01. The largest absolute Gasteiger partial charge is 0.317 e. The molecule has 1 fully saturated rings. The van der Waals surface area contributed by atoms with Crippen molar-refractivity contribution >= 4 is 11.6 Å². The lowest BCUT2D eigenvalue weighted by molar-refractivity contribution is 0.400. The summed E-state index contributed by atoms with van der Waals surface area (Å²) in [4.78, 5) is 0. The molecule has 1 aromatic carbocycles. The first kappa shape index (κ1) is 12.9. The van der Waals surface area contributed by atoms with Gasteiger partial charge in [0, 0.05) is 11.1 Å². The summed E-state index contributed by atoms with van der Waals surface area (Å²) in [7, 11) is 2.09. The van der Waals surface area contributed by atoms with Crippen LogP contribution in [0, 0.1) is 5.92 Å². The second kappa shape index (κ2) is 6.42. The van der Waals surface area contributed by atoms with Crippen molar-refractivity contribution in [1.82, 2.24) is 5.32 Å². The molecule has 0 radical (unpaired) electrons. The Morgan fingerprint density at radius 3 is 2.88 bits per heavy atom. The fourth-order valence-electron chi connectivity index (χ4n) is 2.91. The van der Waals surface area contributed by atoms with Gasteiger partial charge in [0.2, 0.25) is 0 Å². The fraction of sp³-hybridized carbons (Fsp3) is 0.600. The van der Waals surface area contributed by atoms with Gasteiger partial charge in [-0.2, -0.15) is 0 Å². The predicted molar refractivity (Wildman–Crippen MR) is 74.6 cm³/mol. The topological polar surface area (TPSA) is 12.0 Å². The van der Waals surface area contributed by atoms with E-state index in [-0.39, 0.29) is 0 Å². The first-order valence-electron chi connectivity index (χ1n) is 6.69. The Balaban J connectivity index is 1.97. The van der Waals surface area contributed by atoms with Crippen LogP contribution < -0.4 is 5.32 Å². The molecular formula is C15H22ClN. The highest BCUT2D eigenvalue weighted by Crippen LogP contribution is 2.27. The molecule has 1 saturated carbocycles. The Bertz CT molecular complexity index is 351. The molecule has 1 nitrogen and oxygen atoms in total. The van der Waals surface area contributed by atoms with Crippen LogP contribution in [0.4, 0.5) is 0 Å². The van der Waals surface area contributed by atoms with Crippen molar-refractivity contribution in [2.24, 2.45) is 5.92 Å². The third-order valence-corrected chi connectivity index (χ3v) is 4.09. The lowest BCUT2D eigenvalue weighted by Crippen LogP contribution is -2.26. The van der Waals surface area contributed by atoms with E-state index in [0.29, 0.717) is 6.04 Å². The van der Waals surface area contributed by atoms with Crippen LogP contribution in [0.3, 0.4) is 0 Å². The van der Waals surface area contributed by atoms with Gasteiger partial charge in [0.15, 0.2) is 0 Å². The molecule has 0 aliphatic heterocycles. The first-order chi connectivity index (χ1) is 8.28. The molecule has 0 amide bonds. The van der Waals surface area contributed by atoms with Gasteiger partial charge in [-0.1, -0.05) is 43.0 Å². The molecule has 17 heavy (non-hydrogen) atoms. The van der Waals surface area contributed by atoms with Gasteiger partial charge in [0.1, 0.15) is 0 Å². The minimum Gasteiger partial charge on any atom is -0.317 e. The molecule has 0 bridgehead atoms. The van der Waals surface area contributed by atoms with Crippen molar-refractivity contribution in [3.05, 3.63) is 34.9 Å². The molecule has 0 saturated heterocycles. The summed E-state index contributed by atoms with van der Waals surface area (Å²) in [5.74, 6) is 0.813. The summed E-state index contributed by atoms with van der Waals surface area (Å²) in [5, 5.41) is 4.31. The van der Waals surface area contributed by atoms with Gasteiger partial charge in [-0.15, -0.1) is 0 Å². The van der Waals surface area contributed by atoms with Crippen molar-refractivity contribution in [2.45, 2.75) is 44.6 Å². The SMILES string of the molecule is CNC1CCCCC(Cc2cccc(Cl)c2)C1. The number of hydrogen-bond acceptors (Lipinski definition) is 1. The van der Waals surface area contributed by atoms with Gasteiger partial charge >= 0.3 is 0 Å². The average molecular weight is 252 g/mol. The zero-order valence-corrected chi connectivity index (χ0v) is 11.3. The second-order valence-electron chi connectivity index (χ2n) is 5.21. The number of nitrogens with one attached hydrogen (secondary N) is 1. The van der Waals surface area contributed by atoms with Crippen molar-refractivity contribution in [2.75, 3.05) is 7.05 Å². The molecule has 1 N–H and O–H groups in total. The normalized spacial score (nSPS) is 25.5. The molecule has 1 aromatic rings. The van der Waals surface area contributed by atoms with Crippen molar-refractivity contribution in [3.8, 4) is 0 Å². The summed E-state index contributed by atoms with van der Waals surface area (Å²) in [5.41, 5.74) is 1.39. The predicted octanol–water partition coefficient (Wildman–Crippen LogP) is 4.05. The van der Waals surface area contributed by atoms with E-state index in [1.165, 1.54) is 44.1 Å². The van der Waals surface area contributed by atoms with E-state index in [1.807, 2.05) is 6.07 Å². The minimum absolute atomic E-state index is 0.710. The summed E-state index contributed by atoms with van der Waals surface area (Å²) >= 11 is 6.04. The maximum absolute atomic E-state index is 6.04. The first-order valence-corrected chi connectivity index (χ1v) is 7.07. The van der Waals surface area contributed by atoms with Crippen LogP contribution in [0.15, 0.2) is 24.3 Å². The molecule has 0 heterocycles. The molecule has 2 unspecified atom stereocenters. The fourth-order valence-corrected chi connectivity index (χ4v) is 3.12. The van der Waals surface area contributed by atoms with Crippen LogP contribution in [-0.2, 0) is 6.42 Å². The Kier molecular flexibility index (Phi) is 4.87. The zero-order valence-electron chi connectivity index (χ0n) is 10.6. The zero-order chi connectivity index (χ0) is 12.1. The van der Waals surface area contributed by atoms with E-state index in [1.54, 1.807) is 0 Å². The number of halogens is 1. The van der Waals surface area contributed by atoms with E-state index < -0.39 is 0 Å². The Morgan fingerprint density at radius 1 is 1.29 bits per heavy atom. The molecule has 94 valence electrons. The van der Waals surface area contributed by atoms with Gasteiger partial charge in [-0.3, -0.25) is 0 Å². The Morgan fingerprint density at radius 2 is 2.12 bits per heavy atom. The van der Waals surface area contributed by atoms with Crippen LogP contribution >= 0.6 is 11.6 Å². The molecule has 2 atom stereocenters. The highest BCUT2D eigenvalue weighted by molar-refractivity contribution is 6.30. The van der Waals surface area contributed by atoms with Crippen molar-refractivity contribution in [1.29, 1.82) is 0 Å². The van der Waals surface area contributed by atoms with Crippen LogP contribution in [0.1, 0.15) is 37.7 Å². The van der Waals surface area contributed by atoms with Crippen LogP contribution in [0.2, 0.25) is 5.02 Å². The molecule has 2 rings (SSSR count). The Hall–Kier alpha value is -0.530. The number of rotatable bonds is 3. The average Bonchev–Trinajstić information content (AvgIpc) is 2.54. The standard InChI is InChI=1S/C15H22ClN/c1-17-15-8-3-2-5-13(11-15)9-12-6-4-7-14(16)10-12/h4,6-7,10,13,15,17H,2-3,5,8-9,11H2,1H3. The van der Waals surface area contributed by atoms with Crippen LogP contribution in [-0.4, -0.2) is 13.1 Å². The highest BCUT2D eigenvalue weighted by Gasteiger charge is 2.19. The number of hydrogen-bond donors (Lipinski definition) is 1. The molecule has 1 aliphatic rings. The van der Waals surface area contributed by atoms with Gasteiger partial charge in [-0.05, 0) is 49.9 Å². The van der Waals surface area contributed by atoms with Gasteiger partial charge in [0.05, 0.1) is 0 Å². The van der Waals surface area contributed by atoms with E-state index in [0.717, 1.165) is 10.9 Å². The van der Waals surface area contributed by atoms with E-state index in [2.05, 4.69) is 30.6 Å². The maximum atomic E-state index is 6.04. The molecule has 1 aliphatic carbocycles. The smallest absolute Gasteiger partial charge is 0.0408 e. The van der Waals surface area contributed by atoms with Gasteiger partial charge in [-0.25, -0.2) is 0 Å². The summed E-state index contributed by atoms with van der Waals surface area (Å²) in [6.45, 7) is 0. The molecule has 0 spiro atoms. The van der Waals surface area contributed by atoms with E-state index in [9.17, 15) is 0 Å². The highest BCUT2D eigenvalue weighted by atomic mass is 35.5. The van der Waals surface area contributed by atoms with Crippen LogP contribution in [0.5, 0.6) is 0 Å². The van der Waals surface area contributed by atoms with E-state index >= 15 is 0 Å². The van der Waals surface area contributed by atoms with Crippen molar-refractivity contribution < 1.29 is 0 Å². The maximum Gasteiger partial charge on any atom is 0.0408 e. The monoisotopic (exact) mass is 251 g/mol. The summed E-state index contributed by atoms with van der Waals surface area (Å²) in [6, 6.07) is 9.03. The second-order valence-corrected chi connectivity index (χ2v) is 5.64. The third-order valence-electron chi connectivity index (χ3n) is 3.85. The molecule has 0 aromatic heterocycles. The molecular weight excluding hydrogens is 230 g/mol. The van der Waals surface area contributed by atoms with Crippen molar-refractivity contribution in [3.63, 3.8) is 0 Å². The Labute approximate surface area is 110 Å². The summed E-state index contributed by atoms with van der Waals surface area (Å²) < 4.78 is 0. The van der Waals surface area contributed by atoms with Gasteiger partial charge in [0.25, 0.3) is 0 Å². The number of benzene rings is 1. The summed E-state index contributed by atoms with van der Waals surface area (Å²) in [6.07, 6.45) is 7.94. The quantitative estimate of drug-likeness (QED) is 0.800.